The molecule has 2 N–H and O–H groups in total. The maximum Gasteiger partial charge on any atom is 0.219 e. The zero-order valence-electron chi connectivity index (χ0n) is 3.80. The van der Waals surface area contributed by atoms with Crippen LogP contribution >= 0.6 is 0 Å². The van der Waals surface area contributed by atoms with Gasteiger partial charge in [0.05, 0.1) is 0 Å². The van der Waals surface area contributed by atoms with E-state index in [0.29, 0.717) is 6.41 Å². The summed E-state index contributed by atoms with van der Waals surface area (Å²) in [5, 5.41) is 0. The Balaban J connectivity index is 3.17. The molecule has 0 radical (unpaired) electrons. The molecule has 0 spiro atoms. The van der Waals surface area contributed by atoms with Crippen LogP contribution in [0.3, 0.4) is 0 Å². The van der Waals surface area contributed by atoms with Crippen molar-refractivity contribution in [3.8, 4) is 0 Å². The van der Waals surface area contributed by atoms with Gasteiger partial charge in [-0.05, 0) is 7.05 Å². The fourth-order valence-corrected chi connectivity index (χ4v) is 0.308. The van der Waals surface area contributed by atoms with Gasteiger partial charge in [0, 0.05) is 0 Å². The van der Waals surface area contributed by atoms with E-state index in [-0.39, 0.29) is 0 Å². The highest BCUT2D eigenvalue weighted by Gasteiger charge is 1.83. The van der Waals surface area contributed by atoms with Crippen molar-refractivity contribution in [1.82, 2.24) is 9.44 Å². The van der Waals surface area contributed by atoms with Gasteiger partial charge in [-0.3, -0.25) is 9.52 Å². The van der Waals surface area contributed by atoms with Gasteiger partial charge in [0.1, 0.15) is 0 Å². The van der Waals surface area contributed by atoms with Crippen LogP contribution in [0.1, 0.15) is 0 Å². The summed E-state index contributed by atoms with van der Waals surface area (Å²) in [6, 6.07) is 0. The molecular formula is C2H6N2O2S. The van der Waals surface area contributed by atoms with Gasteiger partial charge in [-0.25, -0.2) is 8.93 Å². The Hall–Kier alpha value is -0.420. The Labute approximate surface area is 44.0 Å². The molecule has 0 aromatic heterocycles. The third kappa shape index (κ3) is 3.41. The lowest BCUT2D eigenvalue weighted by atomic mass is 11.5. The Bertz CT molecular complexity index is 83.8. The fraction of sp³-hybridized carbons (Fsp3) is 0.500. The summed E-state index contributed by atoms with van der Waals surface area (Å²) in [6.07, 6.45) is 0.368. The number of rotatable bonds is 3. The summed E-state index contributed by atoms with van der Waals surface area (Å²) in [4.78, 5) is 9.43. The van der Waals surface area contributed by atoms with E-state index in [1.807, 2.05) is 4.72 Å². The number of hydrogen-bond donors (Lipinski definition) is 2. The average Bonchev–Trinajstić information content (AvgIpc) is 1.68. The van der Waals surface area contributed by atoms with Crippen LogP contribution in [-0.2, 0) is 16.0 Å². The van der Waals surface area contributed by atoms with Gasteiger partial charge in [-0.1, -0.05) is 0 Å². The average molecular weight is 122 g/mol. The van der Waals surface area contributed by atoms with Crippen LogP contribution in [0.5, 0.6) is 0 Å². The van der Waals surface area contributed by atoms with E-state index in [9.17, 15) is 9.00 Å². The minimum atomic E-state index is -1.40. The monoisotopic (exact) mass is 122 g/mol. The second-order valence-corrected chi connectivity index (χ2v) is 1.89. The fourth-order valence-electron chi connectivity index (χ4n) is 0.103. The van der Waals surface area contributed by atoms with Crippen LogP contribution in [-0.4, -0.2) is 17.7 Å². The minimum Gasteiger partial charge on any atom is -0.278 e. The van der Waals surface area contributed by atoms with Crippen molar-refractivity contribution in [3.63, 3.8) is 0 Å². The summed E-state index contributed by atoms with van der Waals surface area (Å²) in [7, 11) is 1.48. The number of carbonyl (C=O) groups excluding carboxylic acids is 1. The third-order valence-corrected chi connectivity index (χ3v) is 1.02. The van der Waals surface area contributed by atoms with Crippen LogP contribution < -0.4 is 9.44 Å². The first-order valence-electron chi connectivity index (χ1n) is 1.60. The molecular weight excluding hydrogens is 116 g/mol. The molecule has 0 aliphatic rings. The van der Waals surface area contributed by atoms with Gasteiger partial charge in [0.25, 0.3) is 0 Å². The zero-order valence-corrected chi connectivity index (χ0v) is 4.62. The minimum absolute atomic E-state index is 0.368. The molecule has 0 aliphatic heterocycles. The van der Waals surface area contributed by atoms with Crippen LogP contribution in [0.25, 0.3) is 0 Å². The smallest absolute Gasteiger partial charge is 0.219 e. The number of hydrogen-bond acceptors (Lipinski definition) is 2. The third-order valence-electron chi connectivity index (χ3n) is 0.341. The number of amides is 1. The predicted molar refractivity (Wildman–Crippen MR) is 26.4 cm³/mol. The summed E-state index contributed by atoms with van der Waals surface area (Å²) in [5.41, 5.74) is 0. The summed E-state index contributed by atoms with van der Waals surface area (Å²) in [6.45, 7) is 0. The van der Waals surface area contributed by atoms with Crippen molar-refractivity contribution in [2.75, 3.05) is 7.05 Å². The standard InChI is InChI=1S/C2H6N2O2S/c1-3-7(6)4-2-5/h2-3H,1H3,(H,4,5). The van der Waals surface area contributed by atoms with Crippen molar-refractivity contribution in [2.24, 2.45) is 0 Å². The largest absolute Gasteiger partial charge is 0.278 e. The highest BCUT2D eigenvalue weighted by Crippen LogP contribution is 1.52. The highest BCUT2D eigenvalue weighted by molar-refractivity contribution is 7.81. The molecule has 4 nitrogen and oxygen atoms in total. The molecule has 42 valence electrons. The topological polar surface area (TPSA) is 58.2 Å². The van der Waals surface area contributed by atoms with Crippen molar-refractivity contribution < 1.29 is 9.00 Å². The lowest BCUT2D eigenvalue weighted by Crippen LogP contribution is -2.25. The predicted octanol–water partition coefficient (Wildman–Crippen LogP) is -1.47. The molecule has 5 heteroatoms. The molecule has 7 heavy (non-hydrogen) atoms. The van der Waals surface area contributed by atoms with Crippen LogP contribution in [0.15, 0.2) is 0 Å². The molecule has 1 atom stereocenters. The van der Waals surface area contributed by atoms with Crippen molar-refractivity contribution >= 4 is 17.6 Å². The summed E-state index contributed by atoms with van der Waals surface area (Å²) in [5.74, 6) is 0. The zero-order chi connectivity index (χ0) is 5.70. The maximum atomic E-state index is 10.1. The molecule has 0 fully saturated rings. The molecule has 0 saturated heterocycles. The van der Waals surface area contributed by atoms with E-state index in [1.54, 1.807) is 0 Å². The molecule has 1 amide bonds. The second-order valence-electron chi connectivity index (χ2n) is 0.709. The van der Waals surface area contributed by atoms with Gasteiger partial charge < -0.3 is 0 Å². The van der Waals surface area contributed by atoms with Gasteiger partial charge in [0.2, 0.25) is 6.41 Å². The van der Waals surface area contributed by atoms with Crippen LogP contribution in [0, 0.1) is 0 Å². The first-order chi connectivity index (χ1) is 3.31. The van der Waals surface area contributed by atoms with E-state index >= 15 is 0 Å². The van der Waals surface area contributed by atoms with E-state index in [2.05, 4.69) is 4.72 Å². The lowest BCUT2D eigenvalue weighted by Gasteiger charge is -1.90. The first-order valence-corrected chi connectivity index (χ1v) is 2.75. The Morgan fingerprint density at radius 1 is 1.71 bits per heavy atom. The summed E-state index contributed by atoms with van der Waals surface area (Å²) >= 11 is -1.40. The molecule has 0 saturated carbocycles. The van der Waals surface area contributed by atoms with Crippen LogP contribution in [0.4, 0.5) is 0 Å². The van der Waals surface area contributed by atoms with Gasteiger partial charge in [0.15, 0.2) is 11.2 Å². The van der Waals surface area contributed by atoms with Crippen molar-refractivity contribution in [2.45, 2.75) is 0 Å². The first kappa shape index (κ1) is 6.58. The molecule has 0 aliphatic carbocycles. The summed E-state index contributed by atoms with van der Waals surface area (Å²) < 4.78 is 14.3. The van der Waals surface area contributed by atoms with Gasteiger partial charge in [-0.2, -0.15) is 0 Å². The number of nitrogens with one attached hydrogen (secondary N) is 2. The Morgan fingerprint density at radius 2 is 2.29 bits per heavy atom. The van der Waals surface area contributed by atoms with E-state index in [4.69, 9.17) is 0 Å². The maximum absolute atomic E-state index is 10.1. The van der Waals surface area contributed by atoms with Gasteiger partial charge in [-0.15, -0.1) is 0 Å². The molecule has 0 heterocycles. The van der Waals surface area contributed by atoms with Crippen molar-refractivity contribution in [3.05, 3.63) is 0 Å². The van der Waals surface area contributed by atoms with E-state index < -0.39 is 11.2 Å². The van der Waals surface area contributed by atoms with E-state index in [1.165, 1.54) is 7.05 Å². The normalized spacial score (nSPS) is 12.7. The molecule has 0 aromatic carbocycles. The van der Waals surface area contributed by atoms with Crippen LogP contribution in [0.2, 0.25) is 0 Å². The second kappa shape index (κ2) is 3.76. The molecule has 0 aromatic rings. The molecule has 0 rings (SSSR count). The molecule has 1 unspecified atom stereocenters. The Kier molecular flexibility index (Phi) is 3.53. The van der Waals surface area contributed by atoms with Crippen molar-refractivity contribution in [1.29, 1.82) is 0 Å². The van der Waals surface area contributed by atoms with Gasteiger partial charge >= 0.3 is 0 Å². The quantitative estimate of drug-likeness (QED) is 0.449. The lowest BCUT2D eigenvalue weighted by molar-refractivity contribution is -0.108. The Morgan fingerprint density at radius 3 is 2.43 bits per heavy atom. The number of carbonyl (C=O) groups is 1. The SMILES string of the molecule is CNS(=O)NC=O. The highest BCUT2D eigenvalue weighted by atomic mass is 32.2. The molecule has 0 bridgehead atoms. The van der Waals surface area contributed by atoms with E-state index in [0.717, 1.165) is 0 Å².